The Bertz CT molecular complexity index is 686. The maximum Gasteiger partial charge on any atom is 0.240 e. The highest BCUT2D eigenvalue weighted by Crippen LogP contribution is 2.17. The van der Waals surface area contributed by atoms with E-state index in [1.807, 2.05) is 0 Å². The summed E-state index contributed by atoms with van der Waals surface area (Å²) in [6, 6.07) is 4.66. The number of benzene rings is 1. The normalized spacial score (nSPS) is 18.5. The molecule has 8 heteroatoms. The van der Waals surface area contributed by atoms with Gasteiger partial charge in [-0.25, -0.2) is 13.1 Å². The summed E-state index contributed by atoms with van der Waals surface area (Å²) in [6.45, 7) is 1.88. The predicted octanol–water partition coefficient (Wildman–Crippen LogP) is 0.186. The van der Waals surface area contributed by atoms with E-state index in [2.05, 4.69) is 10.0 Å². The molecule has 1 atom stereocenters. The number of sulfonamides is 1. The number of amides is 1. The molecule has 6 nitrogen and oxygen atoms in total. The van der Waals surface area contributed by atoms with Gasteiger partial charge in [0.25, 0.3) is 0 Å². The predicted molar refractivity (Wildman–Crippen MR) is 83.4 cm³/mol. The van der Waals surface area contributed by atoms with Crippen LogP contribution in [-0.4, -0.2) is 31.9 Å². The Morgan fingerprint density at radius 3 is 2.81 bits per heavy atom. The number of hydrogen-bond acceptors (Lipinski definition) is 4. The van der Waals surface area contributed by atoms with E-state index in [9.17, 15) is 13.2 Å². The van der Waals surface area contributed by atoms with Gasteiger partial charge in [-0.2, -0.15) is 0 Å². The van der Waals surface area contributed by atoms with E-state index in [-0.39, 0.29) is 28.4 Å². The smallest absolute Gasteiger partial charge is 0.240 e. The third-order valence-corrected chi connectivity index (χ3v) is 5.17. The van der Waals surface area contributed by atoms with Crippen molar-refractivity contribution in [2.45, 2.75) is 30.7 Å². The summed E-state index contributed by atoms with van der Waals surface area (Å²) in [5.74, 6) is -0.0501. The van der Waals surface area contributed by atoms with E-state index >= 15 is 0 Å². The highest BCUT2D eigenvalue weighted by molar-refractivity contribution is 7.89. The lowest BCUT2D eigenvalue weighted by atomic mass is 10.1. The first-order valence-corrected chi connectivity index (χ1v) is 8.38. The third kappa shape index (κ3) is 3.78. The van der Waals surface area contributed by atoms with Crippen molar-refractivity contribution in [1.29, 1.82) is 0 Å². The average Bonchev–Trinajstić information content (AvgIpc) is 2.82. The zero-order valence-electron chi connectivity index (χ0n) is 11.5. The quantitative estimate of drug-likeness (QED) is 0.670. The molecule has 0 spiro atoms. The standard InChI is InChI=1S/C13H17N3O3S2/c1-8-2-3-9(13(14)20)6-11(8)21(18,19)15-7-10-4-5-12(17)16-10/h2-3,6,10,15H,4-5,7H2,1H3,(H2,14,20)(H,16,17). The van der Waals surface area contributed by atoms with Gasteiger partial charge in [0.1, 0.15) is 4.99 Å². The Labute approximate surface area is 129 Å². The number of nitrogens with one attached hydrogen (secondary N) is 2. The maximum atomic E-state index is 12.4. The molecule has 0 radical (unpaired) electrons. The molecular formula is C13H17N3O3S2. The Morgan fingerprint density at radius 2 is 2.24 bits per heavy atom. The van der Waals surface area contributed by atoms with Gasteiger partial charge in [0.05, 0.1) is 4.90 Å². The van der Waals surface area contributed by atoms with Crippen molar-refractivity contribution in [3.8, 4) is 0 Å². The van der Waals surface area contributed by atoms with Gasteiger partial charge in [-0.15, -0.1) is 0 Å². The van der Waals surface area contributed by atoms with E-state index in [1.165, 1.54) is 6.07 Å². The fraction of sp³-hybridized carbons (Fsp3) is 0.385. The molecular weight excluding hydrogens is 310 g/mol. The molecule has 1 saturated heterocycles. The summed E-state index contributed by atoms with van der Waals surface area (Å²) < 4.78 is 27.2. The minimum absolute atomic E-state index is 0.0501. The van der Waals surface area contributed by atoms with Crippen LogP contribution in [0.4, 0.5) is 0 Å². The zero-order valence-corrected chi connectivity index (χ0v) is 13.2. The van der Waals surface area contributed by atoms with Gasteiger partial charge >= 0.3 is 0 Å². The lowest BCUT2D eigenvalue weighted by Gasteiger charge is -2.14. The molecule has 1 fully saturated rings. The Kier molecular flexibility index (Phi) is 4.60. The first-order chi connectivity index (χ1) is 9.79. The molecule has 1 heterocycles. The van der Waals surface area contributed by atoms with Crippen LogP contribution in [-0.2, 0) is 14.8 Å². The minimum Gasteiger partial charge on any atom is -0.389 e. The summed E-state index contributed by atoms with van der Waals surface area (Å²) in [5.41, 5.74) is 6.65. The van der Waals surface area contributed by atoms with Crippen molar-refractivity contribution >= 4 is 33.1 Å². The molecule has 2 rings (SSSR count). The summed E-state index contributed by atoms with van der Waals surface area (Å²) in [6.07, 6.45) is 1.07. The van der Waals surface area contributed by atoms with Gasteiger partial charge in [-0.05, 0) is 25.0 Å². The van der Waals surface area contributed by atoms with Crippen LogP contribution >= 0.6 is 12.2 Å². The van der Waals surface area contributed by atoms with E-state index in [0.29, 0.717) is 24.0 Å². The minimum atomic E-state index is -3.67. The average molecular weight is 327 g/mol. The lowest BCUT2D eigenvalue weighted by molar-refractivity contribution is -0.119. The molecule has 114 valence electrons. The molecule has 1 aliphatic heterocycles. The van der Waals surface area contributed by atoms with Crippen LogP contribution in [0.2, 0.25) is 0 Å². The van der Waals surface area contributed by atoms with Crippen molar-refractivity contribution in [2.24, 2.45) is 5.73 Å². The van der Waals surface area contributed by atoms with E-state index in [4.69, 9.17) is 18.0 Å². The highest BCUT2D eigenvalue weighted by Gasteiger charge is 2.24. The molecule has 21 heavy (non-hydrogen) atoms. The molecule has 4 N–H and O–H groups in total. The van der Waals surface area contributed by atoms with Gasteiger partial charge in [0, 0.05) is 24.6 Å². The monoisotopic (exact) mass is 327 g/mol. The number of aryl methyl sites for hydroxylation is 1. The van der Waals surface area contributed by atoms with Crippen LogP contribution in [0.15, 0.2) is 23.1 Å². The zero-order chi connectivity index (χ0) is 15.6. The van der Waals surface area contributed by atoms with Gasteiger partial charge < -0.3 is 11.1 Å². The molecule has 1 unspecified atom stereocenters. The van der Waals surface area contributed by atoms with Gasteiger partial charge in [0.15, 0.2) is 0 Å². The number of thiocarbonyl (C=S) groups is 1. The van der Waals surface area contributed by atoms with E-state index < -0.39 is 10.0 Å². The second kappa shape index (κ2) is 6.08. The van der Waals surface area contributed by atoms with Crippen molar-refractivity contribution in [2.75, 3.05) is 6.54 Å². The first kappa shape index (κ1) is 15.9. The van der Waals surface area contributed by atoms with Gasteiger partial charge in [-0.1, -0.05) is 24.4 Å². The third-order valence-electron chi connectivity index (χ3n) is 3.37. The van der Waals surface area contributed by atoms with E-state index in [1.54, 1.807) is 19.1 Å². The van der Waals surface area contributed by atoms with Crippen molar-refractivity contribution in [3.63, 3.8) is 0 Å². The summed E-state index contributed by atoms with van der Waals surface area (Å²) in [7, 11) is -3.67. The molecule has 1 amide bonds. The van der Waals surface area contributed by atoms with Crippen LogP contribution in [0.3, 0.4) is 0 Å². The summed E-state index contributed by atoms with van der Waals surface area (Å²) >= 11 is 4.87. The number of carbonyl (C=O) groups is 1. The Balaban J connectivity index is 2.17. The van der Waals surface area contributed by atoms with Gasteiger partial charge in [-0.3, -0.25) is 4.79 Å². The summed E-state index contributed by atoms with van der Waals surface area (Å²) in [5, 5.41) is 2.72. The van der Waals surface area contributed by atoms with Crippen molar-refractivity contribution < 1.29 is 13.2 Å². The van der Waals surface area contributed by atoms with Crippen LogP contribution < -0.4 is 15.8 Å². The lowest BCUT2D eigenvalue weighted by Crippen LogP contribution is -2.38. The van der Waals surface area contributed by atoms with Crippen molar-refractivity contribution in [3.05, 3.63) is 29.3 Å². The van der Waals surface area contributed by atoms with E-state index in [0.717, 1.165) is 0 Å². The molecule has 1 aromatic carbocycles. The van der Waals surface area contributed by atoms with Crippen molar-refractivity contribution in [1.82, 2.24) is 10.0 Å². The number of carbonyl (C=O) groups excluding carboxylic acids is 1. The Hall–Kier alpha value is -1.51. The van der Waals surface area contributed by atoms with Crippen LogP contribution in [0.5, 0.6) is 0 Å². The number of rotatable bonds is 5. The topological polar surface area (TPSA) is 101 Å². The van der Waals surface area contributed by atoms with Crippen LogP contribution in [0.1, 0.15) is 24.0 Å². The highest BCUT2D eigenvalue weighted by atomic mass is 32.2. The summed E-state index contributed by atoms with van der Waals surface area (Å²) in [4.78, 5) is 11.4. The molecule has 0 saturated carbocycles. The SMILES string of the molecule is Cc1ccc(C(N)=S)cc1S(=O)(=O)NCC1CCC(=O)N1. The Morgan fingerprint density at radius 1 is 1.52 bits per heavy atom. The molecule has 0 aliphatic carbocycles. The second-order valence-corrected chi connectivity index (χ2v) is 7.17. The molecule has 0 aromatic heterocycles. The maximum absolute atomic E-state index is 12.4. The fourth-order valence-corrected chi connectivity index (χ4v) is 3.64. The first-order valence-electron chi connectivity index (χ1n) is 6.49. The number of nitrogens with two attached hydrogens (primary N) is 1. The van der Waals surface area contributed by atoms with Crippen LogP contribution in [0.25, 0.3) is 0 Å². The van der Waals surface area contributed by atoms with Gasteiger partial charge in [0.2, 0.25) is 15.9 Å². The second-order valence-electron chi connectivity index (χ2n) is 5.00. The van der Waals surface area contributed by atoms with Crippen LogP contribution in [0, 0.1) is 6.92 Å². The fourth-order valence-electron chi connectivity index (χ4n) is 2.16. The molecule has 1 aliphatic rings. The molecule has 0 bridgehead atoms. The largest absolute Gasteiger partial charge is 0.389 e. The number of hydrogen-bond donors (Lipinski definition) is 3. The molecule has 1 aromatic rings.